The minimum absolute atomic E-state index is 0.0107. The highest BCUT2D eigenvalue weighted by Gasteiger charge is 2.33. The first kappa shape index (κ1) is 28.4. The fourth-order valence-electron chi connectivity index (χ4n) is 4.76. The number of hydrogen-bond acceptors (Lipinski definition) is 5. The zero-order valence-corrected chi connectivity index (χ0v) is 20.2. The van der Waals surface area contributed by atoms with Crippen LogP contribution >= 0.6 is 0 Å². The third-order valence-electron chi connectivity index (χ3n) is 6.91. The lowest BCUT2D eigenvalue weighted by atomic mass is 9.87. The van der Waals surface area contributed by atoms with Crippen LogP contribution in [0.1, 0.15) is 57.8 Å². The van der Waals surface area contributed by atoms with E-state index in [-0.39, 0.29) is 24.3 Å². The molecule has 1 atom stereocenters. The van der Waals surface area contributed by atoms with Crippen LogP contribution in [-0.4, -0.2) is 59.3 Å². The van der Waals surface area contributed by atoms with Crippen molar-refractivity contribution < 1.29 is 46.6 Å². The maximum Gasteiger partial charge on any atom is 0.303 e. The molecule has 0 aromatic heterocycles. The van der Waals surface area contributed by atoms with Crippen LogP contribution in [0.4, 0.5) is 17.6 Å². The van der Waals surface area contributed by atoms with Gasteiger partial charge in [0.2, 0.25) is 23.4 Å². The number of likely N-dealkylation sites (tertiary alicyclic amines) is 1. The summed E-state index contributed by atoms with van der Waals surface area (Å²) in [4.78, 5) is 51.0. The Hall–Kier alpha value is -3.18. The van der Waals surface area contributed by atoms with Crippen molar-refractivity contribution in [3.05, 3.63) is 29.3 Å². The summed E-state index contributed by atoms with van der Waals surface area (Å²) in [5, 5.41) is 11.4. The standard InChI is InChI=1S/C25H30F4N2O6/c26-16-12-17(27)22(29)23(21(16)28)37-13-19(32)18(6-7-20(33)34)30-24(35)14-8-10-31(11-9-14)25(36)15-4-2-1-3-5-15/h12,14-15,18H,1-11,13H2,(H,30,35)(H,33,34)/t18-/m0/s1. The number of aliphatic carboxylic acids is 1. The van der Waals surface area contributed by atoms with Gasteiger partial charge in [-0.15, -0.1) is 0 Å². The van der Waals surface area contributed by atoms with E-state index in [4.69, 9.17) is 5.11 Å². The van der Waals surface area contributed by atoms with E-state index in [0.717, 1.165) is 32.1 Å². The van der Waals surface area contributed by atoms with E-state index >= 15 is 0 Å². The van der Waals surface area contributed by atoms with E-state index in [1.54, 1.807) is 4.90 Å². The number of Topliss-reactive ketones (excluding diaryl/α,β-unsaturated/α-hetero) is 1. The zero-order chi connectivity index (χ0) is 27.1. The minimum atomic E-state index is -1.83. The second-order valence-corrected chi connectivity index (χ2v) is 9.48. The number of nitrogens with zero attached hydrogens (tertiary/aromatic N) is 1. The molecular weight excluding hydrogens is 500 g/mol. The second-order valence-electron chi connectivity index (χ2n) is 9.48. The lowest BCUT2D eigenvalue weighted by Crippen LogP contribution is -2.49. The van der Waals surface area contributed by atoms with Crippen LogP contribution in [0.15, 0.2) is 6.07 Å². The van der Waals surface area contributed by atoms with Gasteiger partial charge in [-0.05, 0) is 32.1 Å². The first-order valence-electron chi connectivity index (χ1n) is 12.4. The number of nitrogens with one attached hydrogen (secondary N) is 1. The number of ether oxygens (including phenoxy) is 1. The molecule has 1 aromatic rings. The lowest BCUT2D eigenvalue weighted by molar-refractivity contribution is -0.140. The highest BCUT2D eigenvalue weighted by Crippen LogP contribution is 2.28. The van der Waals surface area contributed by atoms with E-state index in [0.29, 0.717) is 25.9 Å². The average Bonchev–Trinajstić information content (AvgIpc) is 2.89. The third-order valence-corrected chi connectivity index (χ3v) is 6.91. The van der Waals surface area contributed by atoms with Crippen molar-refractivity contribution in [2.75, 3.05) is 19.7 Å². The summed E-state index contributed by atoms with van der Waals surface area (Å²) >= 11 is 0. The van der Waals surface area contributed by atoms with E-state index in [2.05, 4.69) is 10.1 Å². The van der Waals surface area contributed by atoms with E-state index in [1.165, 1.54) is 0 Å². The van der Waals surface area contributed by atoms with Gasteiger partial charge >= 0.3 is 5.97 Å². The third kappa shape index (κ3) is 7.42. The summed E-state index contributed by atoms with van der Waals surface area (Å²) in [6, 6.07) is -1.38. The van der Waals surface area contributed by atoms with E-state index < -0.39 is 71.7 Å². The molecule has 2 amide bonds. The van der Waals surface area contributed by atoms with Crippen LogP contribution in [0.3, 0.4) is 0 Å². The van der Waals surface area contributed by atoms with Gasteiger partial charge in [-0.25, -0.2) is 8.78 Å². The molecule has 1 heterocycles. The summed E-state index contributed by atoms with van der Waals surface area (Å²) < 4.78 is 59.1. The highest BCUT2D eigenvalue weighted by molar-refractivity contribution is 5.91. The summed E-state index contributed by atoms with van der Waals surface area (Å²) in [7, 11) is 0. The molecule has 2 N–H and O–H groups in total. The van der Waals surface area contributed by atoms with Gasteiger partial charge in [0.25, 0.3) is 0 Å². The quantitative estimate of drug-likeness (QED) is 0.354. The van der Waals surface area contributed by atoms with Crippen LogP contribution in [0, 0.1) is 35.1 Å². The number of piperidine rings is 1. The molecule has 1 aliphatic carbocycles. The number of hydrogen-bond donors (Lipinski definition) is 2. The number of amides is 2. The Bertz CT molecular complexity index is 997. The Morgan fingerprint density at radius 3 is 2.11 bits per heavy atom. The van der Waals surface area contributed by atoms with Crippen molar-refractivity contribution in [3.8, 4) is 5.75 Å². The number of rotatable bonds is 10. The summed E-state index contributed by atoms with van der Waals surface area (Å²) in [5.41, 5.74) is 0. The molecule has 12 heteroatoms. The fourth-order valence-corrected chi connectivity index (χ4v) is 4.76. The molecule has 1 saturated heterocycles. The zero-order valence-electron chi connectivity index (χ0n) is 20.2. The Labute approximate surface area is 211 Å². The maximum absolute atomic E-state index is 13.8. The van der Waals surface area contributed by atoms with E-state index in [1.807, 2.05) is 0 Å². The van der Waals surface area contributed by atoms with Crippen LogP contribution in [-0.2, 0) is 19.2 Å². The molecule has 8 nitrogen and oxygen atoms in total. The van der Waals surface area contributed by atoms with Crippen molar-refractivity contribution in [1.82, 2.24) is 10.2 Å². The van der Waals surface area contributed by atoms with Crippen molar-refractivity contribution in [2.24, 2.45) is 11.8 Å². The maximum atomic E-state index is 13.8. The number of halogens is 4. The first-order valence-corrected chi connectivity index (χ1v) is 12.4. The van der Waals surface area contributed by atoms with Gasteiger partial charge in [0.15, 0.2) is 23.2 Å². The van der Waals surface area contributed by atoms with Crippen molar-refractivity contribution >= 4 is 23.6 Å². The van der Waals surface area contributed by atoms with Crippen LogP contribution in [0.2, 0.25) is 0 Å². The van der Waals surface area contributed by atoms with Crippen molar-refractivity contribution in [3.63, 3.8) is 0 Å². The summed E-state index contributed by atoms with van der Waals surface area (Å²) in [6.07, 6.45) is 4.81. The van der Waals surface area contributed by atoms with Gasteiger partial charge < -0.3 is 20.1 Å². The normalized spacial score (nSPS) is 17.8. The average molecular weight is 531 g/mol. The van der Waals surface area contributed by atoms with Gasteiger partial charge in [0.05, 0.1) is 6.04 Å². The molecule has 0 radical (unpaired) electrons. The molecule has 1 saturated carbocycles. The summed E-state index contributed by atoms with van der Waals surface area (Å²) in [6.45, 7) is -0.294. The number of ketones is 1. The molecule has 1 aliphatic heterocycles. The van der Waals surface area contributed by atoms with Gasteiger partial charge in [0.1, 0.15) is 6.61 Å². The van der Waals surface area contributed by atoms with Crippen LogP contribution in [0.25, 0.3) is 0 Å². The topological polar surface area (TPSA) is 113 Å². The number of carbonyl (C=O) groups is 4. The van der Waals surface area contributed by atoms with Crippen molar-refractivity contribution in [1.29, 1.82) is 0 Å². The molecule has 0 bridgehead atoms. The van der Waals surface area contributed by atoms with E-state index in [9.17, 15) is 36.7 Å². The second kappa shape index (κ2) is 12.9. The Morgan fingerprint density at radius 2 is 1.54 bits per heavy atom. The molecule has 1 aromatic carbocycles. The first-order chi connectivity index (χ1) is 17.6. The summed E-state index contributed by atoms with van der Waals surface area (Å²) in [5.74, 6) is -11.6. The van der Waals surface area contributed by atoms with Crippen LogP contribution in [0.5, 0.6) is 5.75 Å². The largest absolute Gasteiger partial charge is 0.481 e. The Morgan fingerprint density at radius 1 is 0.946 bits per heavy atom. The molecular formula is C25H30F4N2O6. The van der Waals surface area contributed by atoms with Crippen molar-refractivity contribution in [2.45, 2.75) is 63.8 Å². The highest BCUT2D eigenvalue weighted by atomic mass is 19.2. The van der Waals surface area contributed by atoms with Gasteiger partial charge in [-0.3, -0.25) is 19.2 Å². The van der Waals surface area contributed by atoms with Gasteiger partial charge in [-0.2, -0.15) is 8.78 Å². The molecule has 2 fully saturated rings. The van der Waals surface area contributed by atoms with Gasteiger partial charge in [-0.1, -0.05) is 19.3 Å². The lowest BCUT2D eigenvalue weighted by Gasteiger charge is -2.35. The Balaban J connectivity index is 1.58. The smallest absolute Gasteiger partial charge is 0.303 e. The number of carboxylic acid groups (broad SMARTS) is 1. The monoisotopic (exact) mass is 530 g/mol. The molecule has 37 heavy (non-hydrogen) atoms. The predicted octanol–water partition coefficient (Wildman–Crippen LogP) is 3.36. The fraction of sp³-hybridized carbons (Fsp3) is 0.600. The van der Waals surface area contributed by atoms with Gasteiger partial charge in [0, 0.05) is 37.4 Å². The molecule has 0 spiro atoms. The number of benzene rings is 1. The molecule has 0 unspecified atom stereocenters. The SMILES string of the molecule is O=C(O)CC[C@H](NC(=O)C1CCN(C(=O)C2CCCCC2)CC1)C(=O)COc1c(F)c(F)cc(F)c1F. The number of carbonyl (C=O) groups excluding carboxylic acids is 3. The van der Waals surface area contributed by atoms with Crippen LogP contribution < -0.4 is 10.1 Å². The molecule has 3 rings (SSSR count). The molecule has 2 aliphatic rings. The number of carboxylic acids is 1. The minimum Gasteiger partial charge on any atom is -0.481 e. The molecule has 204 valence electrons. The predicted molar refractivity (Wildman–Crippen MR) is 121 cm³/mol. The Kier molecular flexibility index (Phi) is 9.87.